The van der Waals surface area contributed by atoms with E-state index in [9.17, 15) is 29.4 Å². The average molecular weight is 647 g/mol. The van der Waals surface area contributed by atoms with Gasteiger partial charge in [0, 0.05) is 49.6 Å². The number of hydrogen-bond acceptors (Lipinski definition) is 8. The van der Waals surface area contributed by atoms with Gasteiger partial charge in [-0.3, -0.25) is 19.2 Å². The third kappa shape index (κ3) is 7.42. The molecular formula is C36H46N4O7. The van der Waals surface area contributed by atoms with Crippen molar-refractivity contribution in [1.82, 2.24) is 10.2 Å². The molecule has 0 aliphatic carbocycles. The Bertz CT molecular complexity index is 1500. The third-order valence-electron chi connectivity index (χ3n) is 9.71. The monoisotopic (exact) mass is 646 g/mol. The van der Waals surface area contributed by atoms with Crippen LogP contribution in [0, 0.1) is 11.8 Å². The summed E-state index contributed by atoms with van der Waals surface area (Å²) >= 11 is 0. The minimum Gasteiger partial charge on any atom is -0.469 e. The zero-order valence-corrected chi connectivity index (χ0v) is 27.2. The molecule has 3 heterocycles. The lowest BCUT2D eigenvalue weighted by molar-refractivity contribution is -0.140. The number of aliphatic hydroxyl groups excluding tert-OH is 1. The van der Waals surface area contributed by atoms with Crippen molar-refractivity contribution >= 4 is 35.1 Å². The molecule has 1 unspecified atom stereocenters. The summed E-state index contributed by atoms with van der Waals surface area (Å²) in [7, 11) is 1.34. The molecule has 0 saturated carbocycles. The summed E-state index contributed by atoms with van der Waals surface area (Å²) < 4.78 is 4.73. The molecule has 11 heteroatoms. The van der Waals surface area contributed by atoms with Crippen molar-refractivity contribution in [2.75, 3.05) is 43.6 Å². The molecule has 252 valence electrons. The lowest BCUT2D eigenvalue weighted by Crippen LogP contribution is -2.46. The number of nitrogens with one attached hydrogen (secondary N) is 2. The lowest BCUT2D eigenvalue weighted by Gasteiger charge is -2.36. The fraction of sp³-hybridized carbons (Fsp3) is 0.500. The summed E-state index contributed by atoms with van der Waals surface area (Å²) in [4.78, 5) is 55.1. The van der Waals surface area contributed by atoms with Crippen LogP contribution in [-0.4, -0.2) is 78.2 Å². The number of ether oxygens (including phenoxy) is 1. The van der Waals surface area contributed by atoms with Crippen LogP contribution < -0.4 is 15.5 Å². The maximum atomic E-state index is 14.0. The van der Waals surface area contributed by atoms with Gasteiger partial charge < -0.3 is 35.4 Å². The Morgan fingerprint density at radius 3 is 2.68 bits per heavy atom. The number of carbonyl (C=O) groups is 4. The number of nitrogens with zero attached hydrogens (tertiary/aromatic N) is 2. The molecule has 4 N–H and O–H groups in total. The van der Waals surface area contributed by atoms with E-state index in [1.54, 1.807) is 42.2 Å². The van der Waals surface area contributed by atoms with E-state index >= 15 is 0 Å². The molecule has 1 fully saturated rings. The highest BCUT2D eigenvalue weighted by Crippen LogP contribution is 2.46. The molecule has 0 spiro atoms. The third-order valence-corrected chi connectivity index (χ3v) is 9.71. The second-order valence-electron chi connectivity index (χ2n) is 12.8. The number of rotatable bonds is 12. The molecule has 5 rings (SSSR count). The van der Waals surface area contributed by atoms with E-state index in [2.05, 4.69) is 10.6 Å². The highest BCUT2D eigenvalue weighted by molar-refractivity contribution is 6.08. The van der Waals surface area contributed by atoms with Crippen molar-refractivity contribution in [3.63, 3.8) is 0 Å². The molecule has 47 heavy (non-hydrogen) atoms. The summed E-state index contributed by atoms with van der Waals surface area (Å²) in [6.07, 6.45) is 6.95. The van der Waals surface area contributed by atoms with Gasteiger partial charge >= 0.3 is 5.97 Å². The van der Waals surface area contributed by atoms with Gasteiger partial charge in [0.05, 0.1) is 31.4 Å². The van der Waals surface area contributed by atoms with Crippen LogP contribution in [-0.2, 0) is 42.5 Å². The predicted octanol–water partition coefficient (Wildman–Crippen LogP) is 3.03. The Labute approximate surface area is 276 Å². The average Bonchev–Trinajstić information content (AvgIpc) is 3.31. The number of aliphatic hydroxyl groups is 2. The highest BCUT2D eigenvalue weighted by atomic mass is 16.5. The Balaban J connectivity index is 1.33. The van der Waals surface area contributed by atoms with Crippen molar-refractivity contribution in [3.8, 4) is 0 Å². The van der Waals surface area contributed by atoms with Crippen LogP contribution in [0.4, 0.5) is 11.4 Å². The van der Waals surface area contributed by atoms with E-state index in [0.29, 0.717) is 55.8 Å². The van der Waals surface area contributed by atoms with Crippen LogP contribution in [0.25, 0.3) is 0 Å². The standard InChI is InChI=1S/C36H46N4O7/c1-24(9-7-13-32(42)40-22-27-11-4-3-10-25(27)19-29(40)23-41)36(46)30-20-28(38-34(44)26-12-8-17-37-21-26)15-16-31(30)39(35(36)45)18-6-5-14-33(43)47-2/h3-4,7,9-11,15-16,20,24,26,29,37,41,46H,5-6,8,12-14,17-19,21-23H2,1-2H3,(H,38,44)/b9-7+/t24-,26?,29-,36+/m0/s1. The van der Waals surface area contributed by atoms with Gasteiger partial charge in [-0.05, 0) is 68.0 Å². The van der Waals surface area contributed by atoms with Crippen LogP contribution in [0.2, 0.25) is 0 Å². The van der Waals surface area contributed by atoms with Gasteiger partial charge in [-0.2, -0.15) is 0 Å². The van der Waals surface area contributed by atoms with E-state index in [4.69, 9.17) is 4.74 Å². The van der Waals surface area contributed by atoms with Crippen LogP contribution >= 0.6 is 0 Å². The maximum Gasteiger partial charge on any atom is 0.305 e. The second kappa shape index (κ2) is 15.2. The summed E-state index contributed by atoms with van der Waals surface area (Å²) in [5, 5.41) is 28.4. The molecule has 2 aromatic carbocycles. The summed E-state index contributed by atoms with van der Waals surface area (Å²) in [6, 6.07) is 12.7. The highest BCUT2D eigenvalue weighted by Gasteiger charge is 2.52. The number of methoxy groups -OCH3 is 1. The number of piperidine rings is 1. The normalized spacial score (nSPS) is 22.9. The van der Waals surface area contributed by atoms with E-state index in [0.717, 1.165) is 30.5 Å². The van der Waals surface area contributed by atoms with Crippen molar-refractivity contribution in [1.29, 1.82) is 0 Å². The number of esters is 1. The Morgan fingerprint density at radius 1 is 1.17 bits per heavy atom. The number of carbonyl (C=O) groups excluding carboxylic acids is 4. The molecule has 3 aliphatic rings. The number of benzene rings is 2. The summed E-state index contributed by atoms with van der Waals surface area (Å²) in [5.74, 6) is -1.97. The van der Waals surface area contributed by atoms with E-state index in [1.807, 2.05) is 24.3 Å². The van der Waals surface area contributed by atoms with Gasteiger partial charge in [0.25, 0.3) is 5.91 Å². The Morgan fingerprint density at radius 2 is 1.96 bits per heavy atom. The van der Waals surface area contributed by atoms with Gasteiger partial charge in [0.15, 0.2) is 5.60 Å². The summed E-state index contributed by atoms with van der Waals surface area (Å²) in [5.41, 5.74) is 1.65. The number of fused-ring (bicyclic) bond motifs is 2. The first-order chi connectivity index (χ1) is 22.7. The van der Waals surface area contributed by atoms with Gasteiger partial charge in [0.2, 0.25) is 11.8 Å². The first kappa shape index (κ1) is 34.3. The molecule has 3 aliphatic heterocycles. The molecule has 2 aromatic rings. The lowest BCUT2D eigenvalue weighted by atomic mass is 9.82. The van der Waals surface area contributed by atoms with Crippen LogP contribution in [0.5, 0.6) is 0 Å². The second-order valence-corrected chi connectivity index (χ2v) is 12.8. The van der Waals surface area contributed by atoms with Gasteiger partial charge in [-0.1, -0.05) is 43.3 Å². The first-order valence-corrected chi connectivity index (χ1v) is 16.6. The van der Waals surface area contributed by atoms with Crippen molar-refractivity contribution in [3.05, 3.63) is 71.3 Å². The topological polar surface area (TPSA) is 149 Å². The number of hydrogen-bond donors (Lipinski definition) is 4. The molecular weight excluding hydrogens is 600 g/mol. The first-order valence-electron chi connectivity index (χ1n) is 16.6. The largest absolute Gasteiger partial charge is 0.469 e. The number of anilines is 2. The minimum absolute atomic E-state index is 0.0445. The van der Waals surface area contributed by atoms with Crippen molar-refractivity contribution < 1.29 is 34.1 Å². The van der Waals surface area contributed by atoms with Gasteiger partial charge in [-0.25, -0.2) is 0 Å². The van der Waals surface area contributed by atoms with Crippen LogP contribution in [0.3, 0.4) is 0 Å². The zero-order valence-electron chi connectivity index (χ0n) is 27.2. The van der Waals surface area contributed by atoms with Crippen LogP contribution in [0.1, 0.15) is 62.1 Å². The summed E-state index contributed by atoms with van der Waals surface area (Å²) in [6.45, 7) is 3.78. The maximum absolute atomic E-state index is 14.0. The van der Waals surface area contributed by atoms with Gasteiger partial charge in [0.1, 0.15) is 0 Å². The molecule has 11 nitrogen and oxygen atoms in total. The number of amides is 3. The predicted molar refractivity (Wildman–Crippen MR) is 177 cm³/mol. The smallest absolute Gasteiger partial charge is 0.305 e. The zero-order chi connectivity index (χ0) is 33.6. The number of unbranched alkanes of at least 4 members (excludes halogenated alkanes) is 1. The molecule has 0 bridgehead atoms. The fourth-order valence-corrected chi connectivity index (χ4v) is 6.88. The van der Waals surface area contributed by atoms with Crippen molar-refractivity contribution in [2.45, 2.75) is 70.1 Å². The van der Waals surface area contributed by atoms with E-state index in [-0.39, 0.29) is 49.2 Å². The molecule has 4 atom stereocenters. The van der Waals surface area contributed by atoms with E-state index in [1.165, 1.54) is 12.0 Å². The van der Waals surface area contributed by atoms with Gasteiger partial charge in [-0.15, -0.1) is 0 Å². The van der Waals surface area contributed by atoms with E-state index < -0.39 is 17.4 Å². The molecule has 3 amide bonds. The molecule has 0 radical (unpaired) electrons. The SMILES string of the molecule is COC(=O)CCCCN1C(=O)[C@@](O)([C@@H](C)/C=C/CC(=O)N2Cc3ccccc3C[C@H]2CO)c2cc(NC(=O)C3CCCNC3)ccc21. The Hall–Kier alpha value is -4.06. The minimum atomic E-state index is -1.94. The molecule has 0 aromatic heterocycles. The van der Waals surface area contributed by atoms with Crippen LogP contribution in [0.15, 0.2) is 54.6 Å². The Kier molecular flexibility index (Phi) is 11.1. The molecule has 1 saturated heterocycles. The fourth-order valence-electron chi connectivity index (χ4n) is 6.88. The van der Waals surface area contributed by atoms with Crippen molar-refractivity contribution in [2.24, 2.45) is 11.8 Å². The quantitative estimate of drug-likeness (QED) is 0.156.